The molecule has 1 heterocycles. The molecular weight excluding hydrogens is 290 g/mol. The number of carbonyl (C=O) groups excluding carboxylic acids is 1. The van der Waals surface area contributed by atoms with Gasteiger partial charge in [0.25, 0.3) is 0 Å². The predicted octanol–water partition coefficient (Wildman–Crippen LogP) is 2.83. The van der Waals surface area contributed by atoms with Crippen LogP contribution in [0.3, 0.4) is 0 Å². The third-order valence-corrected chi connectivity index (χ3v) is 4.81. The summed E-state index contributed by atoms with van der Waals surface area (Å²) in [7, 11) is 1.94. The smallest absolute Gasteiger partial charge is 0.220 e. The number of aromatic nitrogens is 2. The van der Waals surface area contributed by atoms with E-state index in [0.717, 1.165) is 30.8 Å². The Bertz CT molecular complexity index is 505. The molecule has 0 radical (unpaired) electrons. The quantitative estimate of drug-likeness (QED) is 0.749. The summed E-state index contributed by atoms with van der Waals surface area (Å²) in [4.78, 5) is 11.9. The monoisotopic (exact) mass is 321 g/mol. The van der Waals surface area contributed by atoms with E-state index in [2.05, 4.69) is 17.3 Å². The SMILES string of the molecule is Cc1nn(C)c(C)c1CCC(=O)NCCCOC1CCCCC1. The topological polar surface area (TPSA) is 56.2 Å². The van der Waals surface area contributed by atoms with Gasteiger partial charge in [-0.15, -0.1) is 0 Å². The summed E-state index contributed by atoms with van der Waals surface area (Å²) in [5, 5.41) is 7.38. The van der Waals surface area contributed by atoms with E-state index in [4.69, 9.17) is 4.74 Å². The van der Waals surface area contributed by atoms with Crippen molar-refractivity contribution in [2.45, 2.75) is 71.3 Å². The van der Waals surface area contributed by atoms with Crippen LogP contribution in [0, 0.1) is 13.8 Å². The third kappa shape index (κ3) is 5.65. The van der Waals surface area contributed by atoms with Crippen molar-refractivity contribution in [3.05, 3.63) is 17.0 Å². The van der Waals surface area contributed by atoms with Gasteiger partial charge in [0.1, 0.15) is 0 Å². The minimum absolute atomic E-state index is 0.116. The molecule has 5 nitrogen and oxygen atoms in total. The van der Waals surface area contributed by atoms with Crippen LogP contribution in [0.25, 0.3) is 0 Å². The highest BCUT2D eigenvalue weighted by Gasteiger charge is 2.13. The van der Waals surface area contributed by atoms with E-state index in [1.807, 2.05) is 18.7 Å². The highest BCUT2D eigenvalue weighted by molar-refractivity contribution is 5.76. The van der Waals surface area contributed by atoms with Crippen LogP contribution in [-0.4, -0.2) is 34.9 Å². The lowest BCUT2D eigenvalue weighted by atomic mass is 9.98. The molecule has 1 aliphatic rings. The Hall–Kier alpha value is -1.36. The van der Waals surface area contributed by atoms with Gasteiger partial charge in [-0.1, -0.05) is 19.3 Å². The Labute approximate surface area is 139 Å². The first-order valence-electron chi connectivity index (χ1n) is 8.95. The van der Waals surface area contributed by atoms with Gasteiger partial charge in [0.2, 0.25) is 5.91 Å². The summed E-state index contributed by atoms with van der Waals surface area (Å²) in [5.74, 6) is 0.116. The summed E-state index contributed by atoms with van der Waals surface area (Å²) in [6, 6.07) is 0. The van der Waals surface area contributed by atoms with Crippen molar-refractivity contribution in [3.8, 4) is 0 Å². The lowest BCUT2D eigenvalue weighted by Gasteiger charge is -2.21. The van der Waals surface area contributed by atoms with Crippen molar-refractivity contribution in [2.75, 3.05) is 13.2 Å². The van der Waals surface area contributed by atoms with Crippen LogP contribution < -0.4 is 5.32 Å². The molecule has 0 bridgehead atoms. The number of nitrogens with zero attached hydrogens (tertiary/aromatic N) is 2. The molecule has 1 aliphatic carbocycles. The van der Waals surface area contributed by atoms with E-state index in [-0.39, 0.29) is 5.91 Å². The molecule has 130 valence electrons. The fourth-order valence-electron chi connectivity index (χ4n) is 3.29. The summed E-state index contributed by atoms with van der Waals surface area (Å²) in [6.07, 6.45) is 9.00. The number of amides is 1. The first kappa shape index (κ1) is 18.0. The van der Waals surface area contributed by atoms with Gasteiger partial charge in [-0.25, -0.2) is 0 Å². The Morgan fingerprint density at radius 3 is 2.70 bits per heavy atom. The van der Waals surface area contributed by atoms with Crippen molar-refractivity contribution < 1.29 is 9.53 Å². The molecule has 0 spiro atoms. The number of nitrogens with one attached hydrogen (secondary N) is 1. The van der Waals surface area contributed by atoms with Gasteiger partial charge in [0.15, 0.2) is 0 Å². The van der Waals surface area contributed by atoms with Gasteiger partial charge in [0, 0.05) is 32.3 Å². The highest BCUT2D eigenvalue weighted by Crippen LogP contribution is 2.20. The maximum Gasteiger partial charge on any atom is 0.220 e. The number of hydrogen-bond donors (Lipinski definition) is 1. The van der Waals surface area contributed by atoms with E-state index in [1.54, 1.807) is 0 Å². The minimum atomic E-state index is 0.116. The molecule has 1 aromatic heterocycles. The predicted molar refractivity (Wildman–Crippen MR) is 91.5 cm³/mol. The zero-order valence-electron chi connectivity index (χ0n) is 14.9. The minimum Gasteiger partial charge on any atom is -0.378 e. The van der Waals surface area contributed by atoms with Crippen LogP contribution in [0.2, 0.25) is 0 Å². The summed E-state index contributed by atoms with van der Waals surface area (Å²) < 4.78 is 7.75. The molecule has 2 rings (SSSR count). The van der Waals surface area contributed by atoms with Crippen molar-refractivity contribution >= 4 is 5.91 Å². The lowest BCUT2D eigenvalue weighted by molar-refractivity contribution is -0.121. The van der Waals surface area contributed by atoms with Gasteiger partial charge < -0.3 is 10.1 Å². The largest absolute Gasteiger partial charge is 0.378 e. The van der Waals surface area contributed by atoms with Crippen LogP contribution in [0.1, 0.15) is 61.9 Å². The van der Waals surface area contributed by atoms with Gasteiger partial charge >= 0.3 is 0 Å². The van der Waals surface area contributed by atoms with E-state index >= 15 is 0 Å². The van der Waals surface area contributed by atoms with Crippen molar-refractivity contribution in [3.63, 3.8) is 0 Å². The Morgan fingerprint density at radius 1 is 1.30 bits per heavy atom. The third-order valence-electron chi connectivity index (χ3n) is 4.81. The number of ether oxygens (including phenoxy) is 1. The summed E-state index contributed by atoms with van der Waals surface area (Å²) in [5.41, 5.74) is 3.37. The summed E-state index contributed by atoms with van der Waals surface area (Å²) >= 11 is 0. The first-order valence-corrected chi connectivity index (χ1v) is 8.95. The van der Waals surface area contributed by atoms with E-state index < -0.39 is 0 Å². The second kappa shape index (κ2) is 9.06. The lowest BCUT2D eigenvalue weighted by Crippen LogP contribution is -2.26. The van der Waals surface area contributed by atoms with Crippen molar-refractivity contribution in [1.82, 2.24) is 15.1 Å². The van der Waals surface area contributed by atoms with Gasteiger partial charge in [-0.2, -0.15) is 5.10 Å². The molecule has 5 heteroatoms. The standard InChI is InChI=1S/C18H31N3O2/c1-14-17(15(2)21(3)20-14)10-11-18(22)19-12-7-13-23-16-8-5-4-6-9-16/h16H,4-13H2,1-3H3,(H,19,22). The second-order valence-corrected chi connectivity index (χ2v) is 6.61. The average Bonchev–Trinajstić information content (AvgIpc) is 2.79. The molecule has 0 atom stereocenters. The molecule has 23 heavy (non-hydrogen) atoms. The second-order valence-electron chi connectivity index (χ2n) is 6.61. The van der Waals surface area contributed by atoms with Crippen LogP contribution >= 0.6 is 0 Å². The molecular formula is C18H31N3O2. The zero-order valence-corrected chi connectivity index (χ0v) is 14.9. The zero-order chi connectivity index (χ0) is 16.7. The highest BCUT2D eigenvalue weighted by atomic mass is 16.5. The van der Waals surface area contributed by atoms with E-state index in [9.17, 15) is 4.79 Å². The van der Waals surface area contributed by atoms with Crippen LogP contribution in [0.15, 0.2) is 0 Å². The Morgan fingerprint density at radius 2 is 2.04 bits per heavy atom. The first-order chi connectivity index (χ1) is 11.1. The molecule has 1 fully saturated rings. The molecule has 1 N–H and O–H groups in total. The fraction of sp³-hybridized carbons (Fsp3) is 0.778. The molecule has 0 aliphatic heterocycles. The molecule has 1 saturated carbocycles. The molecule has 0 saturated heterocycles. The van der Waals surface area contributed by atoms with E-state index in [1.165, 1.54) is 37.7 Å². The normalized spacial score (nSPS) is 15.8. The number of rotatable bonds is 8. The molecule has 0 aromatic carbocycles. The Kier molecular flexibility index (Phi) is 7.09. The number of hydrogen-bond acceptors (Lipinski definition) is 3. The fourth-order valence-corrected chi connectivity index (χ4v) is 3.29. The van der Waals surface area contributed by atoms with Crippen LogP contribution in [0.5, 0.6) is 0 Å². The van der Waals surface area contributed by atoms with Crippen molar-refractivity contribution in [2.24, 2.45) is 7.05 Å². The summed E-state index contributed by atoms with van der Waals surface area (Å²) in [6.45, 7) is 5.51. The number of aryl methyl sites for hydroxylation is 2. The van der Waals surface area contributed by atoms with Gasteiger partial charge in [0.05, 0.1) is 11.8 Å². The Balaban J connectivity index is 1.56. The maximum atomic E-state index is 11.9. The van der Waals surface area contributed by atoms with Crippen LogP contribution in [0.4, 0.5) is 0 Å². The van der Waals surface area contributed by atoms with Crippen molar-refractivity contribution in [1.29, 1.82) is 0 Å². The van der Waals surface area contributed by atoms with Gasteiger partial charge in [-0.05, 0) is 45.1 Å². The van der Waals surface area contributed by atoms with Gasteiger partial charge in [-0.3, -0.25) is 9.48 Å². The average molecular weight is 321 g/mol. The van der Waals surface area contributed by atoms with E-state index in [0.29, 0.717) is 19.1 Å². The maximum absolute atomic E-state index is 11.9. The molecule has 1 amide bonds. The number of carbonyl (C=O) groups is 1. The molecule has 0 unspecified atom stereocenters. The molecule has 1 aromatic rings. The van der Waals surface area contributed by atoms with Crippen LogP contribution in [-0.2, 0) is 23.0 Å².